The average molecular weight is 460 g/mol. The molecule has 10 nitrogen and oxygen atoms in total. The molecule has 0 amide bonds. The van der Waals surface area contributed by atoms with Crippen LogP contribution in [0.5, 0.6) is 17.2 Å². The zero-order chi connectivity index (χ0) is 23.7. The Bertz CT molecular complexity index is 1170. The Labute approximate surface area is 188 Å². The normalized spacial score (nSPS) is 25.1. The van der Waals surface area contributed by atoms with Crippen LogP contribution in [-0.2, 0) is 4.74 Å². The van der Waals surface area contributed by atoms with Gasteiger partial charge in [0.05, 0.1) is 20.8 Å². The average Bonchev–Trinajstić information content (AvgIpc) is 2.83. The second-order valence-electron chi connectivity index (χ2n) is 7.52. The van der Waals surface area contributed by atoms with Crippen molar-refractivity contribution < 1.29 is 43.8 Å². The molecular formula is C23H24O10. The summed E-state index contributed by atoms with van der Waals surface area (Å²) in [6.45, 7) is -0.555. The summed E-state index contributed by atoms with van der Waals surface area (Å²) < 4.78 is 27.4. The van der Waals surface area contributed by atoms with Gasteiger partial charge in [-0.05, 0) is 24.3 Å². The third kappa shape index (κ3) is 4.39. The number of aliphatic hydroxyl groups is 4. The molecule has 10 heteroatoms. The van der Waals surface area contributed by atoms with Gasteiger partial charge in [0.2, 0.25) is 6.29 Å². The molecule has 1 saturated heterocycles. The zero-order valence-corrected chi connectivity index (χ0v) is 17.9. The van der Waals surface area contributed by atoms with E-state index >= 15 is 0 Å². The van der Waals surface area contributed by atoms with Gasteiger partial charge in [-0.25, -0.2) is 0 Å². The molecule has 33 heavy (non-hydrogen) atoms. The van der Waals surface area contributed by atoms with Crippen LogP contribution in [-0.4, -0.2) is 72.0 Å². The first-order valence-electron chi connectivity index (χ1n) is 10.1. The van der Waals surface area contributed by atoms with E-state index in [0.717, 1.165) is 0 Å². The lowest BCUT2D eigenvalue weighted by molar-refractivity contribution is -0.277. The minimum Gasteiger partial charge on any atom is -0.496 e. The standard InChI is InChI=1S/C23H24O10/c1-29-13-7-16(30-2)19-14(25)9-15(32-17(19)8-13)11-3-5-12(6-4-11)31-23-22(28)21(27)20(26)18(10-24)33-23/h3-9,18,20-24,26-28H,10H2,1-2H3/t18-,20+,21+,22-,23-/m1/s1. The third-order valence-corrected chi connectivity index (χ3v) is 5.46. The van der Waals surface area contributed by atoms with Crippen molar-refractivity contribution in [1.82, 2.24) is 0 Å². The van der Waals surface area contributed by atoms with E-state index in [2.05, 4.69) is 0 Å². The van der Waals surface area contributed by atoms with Gasteiger partial charge in [0.15, 0.2) is 5.43 Å². The monoisotopic (exact) mass is 460 g/mol. The number of rotatable bonds is 6. The van der Waals surface area contributed by atoms with Gasteiger partial charge in [-0.2, -0.15) is 0 Å². The molecule has 1 aromatic heterocycles. The lowest BCUT2D eigenvalue weighted by Crippen LogP contribution is -2.60. The SMILES string of the molecule is COc1cc(OC)c2c(=O)cc(-c3ccc(O[C@@H]4O[C@H](CO)[C@H](O)[C@H](O)[C@H]4O)cc3)oc2c1. The van der Waals surface area contributed by atoms with E-state index in [9.17, 15) is 25.2 Å². The molecule has 2 heterocycles. The van der Waals surface area contributed by atoms with Gasteiger partial charge in [-0.15, -0.1) is 0 Å². The molecule has 3 aromatic rings. The highest BCUT2D eigenvalue weighted by atomic mass is 16.7. The Balaban J connectivity index is 1.60. The first-order valence-corrected chi connectivity index (χ1v) is 10.1. The Kier molecular flexibility index (Phi) is 6.54. The molecule has 4 rings (SSSR count). The van der Waals surface area contributed by atoms with Crippen LogP contribution in [0.15, 0.2) is 51.7 Å². The number of ether oxygens (including phenoxy) is 4. The fourth-order valence-corrected chi connectivity index (χ4v) is 3.65. The molecule has 5 atom stereocenters. The van der Waals surface area contributed by atoms with Gasteiger partial charge in [0, 0.05) is 23.8 Å². The van der Waals surface area contributed by atoms with Crippen LogP contribution in [0.4, 0.5) is 0 Å². The fourth-order valence-electron chi connectivity index (χ4n) is 3.65. The Morgan fingerprint density at radius 3 is 2.27 bits per heavy atom. The number of aliphatic hydroxyl groups excluding tert-OH is 4. The maximum absolute atomic E-state index is 12.7. The van der Waals surface area contributed by atoms with Gasteiger partial charge in [-0.3, -0.25) is 4.79 Å². The van der Waals surface area contributed by atoms with Crippen LogP contribution in [0.3, 0.4) is 0 Å². The van der Waals surface area contributed by atoms with Crippen molar-refractivity contribution in [2.75, 3.05) is 20.8 Å². The predicted molar refractivity (Wildman–Crippen MR) is 115 cm³/mol. The maximum Gasteiger partial charge on any atom is 0.229 e. The van der Waals surface area contributed by atoms with Gasteiger partial charge in [0.1, 0.15) is 58.4 Å². The van der Waals surface area contributed by atoms with E-state index in [4.69, 9.17) is 23.4 Å². The molecule has 0 unspecified atom stereocenters. The number of fused-ring (bicyclic) bond motifs is 1. The third-order valence-electron chi connectivity index (χ3n) is 5.46. The highest BCUT2D eigenvalue weighted by Gasteiger charge is 2.44. The molecule has 1 aliphatic rings. The van der Waals surface area contributed by atoms with Crippen molar-refractivity contribution in [1.29, 1.82) is 0 Å². The summed E-state index contributed by atoms with van der Waals surface area (Å²) in [4.78, 5) is 12.7. The highest BCUT2D eigenvalue weighted by molar-refractivity contribution is 5.86. The smallest absolute Gasteiger partial charge is 0.229 e. The van der Waals surface area contributed by atoms with Crippen molar-refractivity contribution in [3.05, 3.63) is 52.7 Å². The molecule has 4 N–H and O–H groups in total. The second-order valence-corrected chi connectivity index (χ2v) is 7.52. The molecule has 0 saturated carbocycles. The quantitative estimate of drug-likeness (QED) is 0.413. The summed E-state index contributed by atoms with van der Waals surface area (Å²) in [7, 11) is 2.95. The van der Waals surface area contributed by atoms with Crippen LogP contribution >= 0.6 is 0 Å². The number of hydrogen-bond donors (Lipinski definition) is 4. The molecule has 0 bridgehead atoms. The molecule has 1 fully saturated rings. The van der Waals surface area contributed by atoms with Gasteiger partial charge < -0.3 is 43.8 Å². The molecular weight excluding hydrogens is 436 g/mol. The summed E-state index contributed by atoms with van der Waals surface area (Å²) in [5, 5.41) is 39.5. The fraction of sp³-hybridized carbons (Fsp3) is 0.348. The number of hydrogen-bond acceptors (Lipinski definition) is 10. The highest BCUT2D eigenvalue weighted by Crippen LogP contribution is 2.32. The first kappa shape index (κ1) is 23.0. The number of methoxy groups -OCH3 is 2. The zero-order valence-electron chi connectivity index (χ0n) is 17.9. The topological polar surface area (TPSA) is 148 Å². The first-order chi connectivity index (χ1) is 15.9. The molecule has 0 aliphatic carbocycles. The molecule has 0 spiro atoms. The summed E-state index contributed by atoms with van der Waals surface area (Å²) in [5.41, 5.74) is 0.597. The molecule has 1 aliphatic heterocycles. The summed E-state index contributed by atoms with van der Waals surface area (Å²) in [5.74, 6) is 1.41. The van der Waals surface area contributed by atoms with E-state index in [1.165, 1.54) is 20.3 Å². The minimum atomic E-state index is -1.54. The van der Waals surface area contributed by atoms with Crippen molar-refractivity contribution in [2.45, 2.75) is 30.7 Å². The largest absolute Gasteiger partial charge is 0.496 e. The van der Waals surface area contributed by atoms with E-state index in [0.29, 0.717) is 33.8 Å². The summed E-state index contributed by atoms with van der Waals surface area (Å²) in [6, 6.07) is 11.0. The van der Waals surface area contributed by atoms with Crippen LogP contribution in [0, 0.1) is 0 Å². The van der Waals surface area contributed by atoms with Crippen molar-refractivity contribution in [3.63, 3.8) is 0 Å². The Hall–Kier alpha value is -3.15. The minimum absolute atomic E-state index is 0.285. The van der Waals surface area contributed by atoms with Crippen LogP contribution in [0.25, 0.3) is 22.3 Å². The Morgan fingerprint density at radius 1 is 0.909 bits per heavy atom. The number of benzene rings is 2. The predicted octanol–water partition coefficient (Wildman–Crippen LogP) is 0.656. The lowest BCUT2D eigenvalue weighted by atomic mass is 9.99. The summed E-state index contributed by atoms with van der Waals surface area (Å²) >= 11 is 0. The maximum atomic E-state index is 12.7. The molecule has 0 radical (unpaired) electrons. The van der Waals surface area contributed by atoms with E-state index < -0.39 is 37.3 Å². The van der Waals surface area contributed by atoms with Gasteiger partial charge in [-0.1, -0.05) is 0 Å². The van der Waals surface area contributed by atoms with E-state index in [-0.39, 0.29) is 11.2 Å². The Morgan fingerprint density at radius 2 is 1.64 bits per heavy atom. The lowest BCUT2D eigenvalue weighted by Gasteiger charge is -2.39. The van der Waals surface area contributed by atoms with E-state index in [1.54, 1.807) is 36.4 Å². The van der Waals surface area contributed by atoms with Crippen LogP contribution in [0.1, 0.15) is 0 Å². The van der Waals surface area contributed by atoms with E-state index in [1.807, 2.05) is 0 Å². The molecule has 2 aromatic carbocycles. The van der Waals surface area contributed by atoms with Crippen LogP contribution < -0.4 is 19.6 Å². The van der Waals surface area contributed by atoms with Crippen molar-refractivity contribution >= 4 is 11.0 Å². The van der Waals surface area contributed by atoms with Crippen LogP contribution in [0.2, 0.25) is 0 Å². The van der Waals surface area contributed by atoms with Crippen molar-refractivity contribution in [2.24, 2.45) is 0 Å². The molecule has 176 valence electrons. The van der Waals surface area contributed by atoms with Crippen molar-refractivity contribution in [3.8, 4) is 28.6 Å². The second kappa shape index (κ2) is 9.38. The van der Waals surface area contributed by atoms with Gasteiger partial charge >= 0.3 is 0 Å². The summed E-state index contributed by atoms with van der Waals surface area (Å²) in [6.07, 6.45) is -6.91. The van der Waals surface area contributed by atoms with Gasteiger partial charge in [0.25, 0.3) is 0 Å².